The third kappa shape index (κ3) is 5.88. The molecule has 0 aliphatic heterocycles. The van der Waals surface area contributed by atoms with E-state index in [2.05, 4.69) is 15.9 Å². The first kappa shape index (κ1) is 16.0. The molecule has 0 aliphatic rings. The van der Waals surface area contributed by atoms with Crippen molar-refractivity contribution >= 4 is 15.9 Å². The van der Waals surface area contributed by atoms with Crippen molar-refractivity contribution in [1.29, 1.82) is 0 Å². The predicted octanol–water partition coefficient (Wildman–Crippen LogP) is 5.24. The van der Waals surface area contributed by atoms with Gasteiger partial charge >= 0.3 is 0 Å². The molecule has 0 N–H and O–H groups in total. The Balaban J connectivity index is 1.71. The summed E-state index contributed by atoms with van der Waals surface area (Å²) in [6.45, 7) is 0.733. The SMILES string of the molecule is Fc1ccc(CC(CBr)CCCOc2ccccc2)cc1. The standard InChI is InChI=1S/C18H20BrFO/c19-14-16(13-15-8-10-17(20)11-9-15)5-4-12-21-18-6-2-1-3-7-18/h1-3,6-11,16H,4-5,12-14H2. The average Bonchev–Trinajstić information content (AvgIpc) is 2.53. The molecule has 0 saturated carbocycles. The molecule has 0 fully saturated rings. The summed E-state index contributed by atoms with van der Waals surface area (Å²) in [7, 11) is 0. The highest BCUT2D eigenvalue weighted by atomic mass is 79.9. The van der Waals surface area contributed by atoms with Gasteiger partial charge in [-0.05, 0) is 55.0 Å². The summed E-state index contributed by atoms with van der Waals surface area (Å²) < 4.78 is 18.6. The van der Waals surface area contributed by atoms with E-state index in [1.807, 2.05) is 42.5 Å². The van der Waals surface area contributed by atoms with E-state index in [1.165, 1.54) is 17.7 Å². The fourth-order valence-electron chi connectivity index (χ4n) is 2.27. The lowest BCUT2D eigenvalue weighted by molar-refractivity contribution is 0.295. The molecule has 1 nitrogen and oxygen atoms in total. The van der Waals surface area contributed by atoms with Gasteiger partial charge in [-0.3, -0.25) is 0 Å². The van der Waals surface area contributed by atoms with E-state index in [4.69, 9.17) is 4.74 Å². The Morgan fingerprint density at radius 3 is 2.38 bits per heavy atom. The van der Waals surface area contributed by atoms with E-state index < -0.39 is 0 Å². The first-order valence-electron chi connectivity index (χ1n) is 7.26. The molecule has 0 aromatic heterocycles. The van der Waals surface area contributed by atoms with Crippen LogP contribution >= 0.6 is 15.9 Å². The molecule has 0 bridgehead atoms. The van der Waals surface area contributed by atoms with Crippen LogP contribution in [-0.2, 0) is 6.42 Å². The smallest absolute Gasteiger partial charge is 0.123 e. The van der Waals surface area contributed by atoms with Crippen molar-refractivity contribution in [1.82, 2.24) is 0 Å². The highest BCUT2D eigenvalue weighted by Crippen LogP contribution is 2.18. The van der Waals surface area contributed by atoms with Crippen LogP contribution in [0, 0.1) is 11.7 Å². The number of ether oxygens (including phenoxy) is 1. The number of alkyl halides is 1. The predicted molar refractivity (Wildman–Crippen MR) is 88.6 cm³/mol. The first-order valence-corrected chi connectivity index (χ1v) is 8.38. The van der Waals surface area contributed by atoms with Crippen LogP contribution in [0.15, 0.2) is 54.6 Å². The van der Waals surface area contributed by atoms with Gasteiger partial charge in [-0.25, -0.2) is 4.39 Å². The minimum atomic E-state index is -0.176. The van der Waals surface area contributed by atoms with Crippen LogP contribution in [0.1, 0.15) is 18.4 Å². The molecule has 2 rings (SSSR count). The molecular formula is C18H20BrFO. The molecule has 0 aliphatic carbocycles. The second kappa shape index (κ2) is 8.83. The molecular weight excluding hydrogens is 331 g/mol. The van der Waals surface area contributed by atoms with Gasteiger partial charge in [0.25, 0.3) is 0 Å². The van der Waals surface area contributed by atoms with Crippen LogP contribution in [0.25, 0.3) is 0 Å². The van der Waals surface area contributed by atoms with E-state index in [0.717, 1.165) is 36.9 Å². The van der Waals surface area contributed by atoms with E-state index in [1.54, 1.807) is 0 Å². The maximum absolute atomic E-state index is 12.9. The molecule has 2 aromatic carbocycles. The molecule has 0 heterocycles. The van der Waals surface area contributed by atoms with Gasteiger partial charge < -0.3 is 4.74 Å². The Bertz CT molecular complexity index is 513. The van der Waals surface area contributed by atoms with E-state index in [9.17, 15) is 4.39 Å². The van der Waals surface area contributed by atoms with Gasteiger partial charge in [-0.15, -0.1) is 0 Å². The van der Waals surface area contributed by atoms with Crippen molar-refractivity contribution in [2.75, 3.05) is 11.9 Å². The van der Waals surface area contributed by atoms with Gasteiger partial charge in [0.15, 0.2) is 0 Å². The van der Waals surface area contributed by atoms with Crippen LogP contribution in [0.2, 0.25) is 0 Å². The van der Waals surface area contributed by atoms with Crippen molar-refractivity contribution in [3.05, 3.63) is 66.0 Å². The number of rotatable bonds is 8. The van der Waals surface area contributed by atoms with Crippen LogP contribution in [0.5, 0.6) is 5.75 Å². The van der Waals surface area contributed by atoms with Crippen molar-refractivity contribution in [3.63, 3.8) is 0 Å². The van der Waals surface area contributed by atoms with Gasteiger partial charge in [0.1, 0.15) is 11.6 Å². The third-order valence-corrected chi connectivity index (χ3v) is 4.34. The fraction of sp³-hybridized carbons (Fsp3) is 0.333. The van der Waals surface area contributed by atoms with Crippen LogP contribution in [-0.4, -0.2) is 11.9 Å². The topological polar surface area (TPSA) is 9.23 Å². The van der Waals surface area contributed by atoms with Crippen molar-refractivity contribution in [3.8, 4) is 5.75 Å². The normalized spacial score (nSPS) is 12.1. The zero-order chi connectivity index (χ0) is 14.9. The molecule has 0 amide bonds. The first-order chi connectivity index (χ1) is 10.3. The van der Waals surface area contributed by atoms with Gasteiger partial charge in [0, 0.05) is 5.33 Å². The quantitative estimate of drug-likeness (QED) is 0.467. The zero-order valence-electron chi connectivity index (χ0n) is 12.0. The maximum Gasteiger partial charge on any atom is 0.123 e. The monoisotopic (exact) mass is 350 g/mol. The zero-order valence-corrected chi connectivity index (χ0v) is 13.6. The van der Waals surface area contributed by atoms with Gasteiger partial charge in [-0.1, -0.05) is 46.3 Å². The summed E-state index contributed by atoms with van der Waals surface area (Å²) in [6, 6.07) is 16.7. The van der Waals surface area contributed by atoms with Crippen LogP contribution < -0.4 is 4.74 Å². The number of halogens is 2. The molecule has 0 saturated heterocycles. The number of hydrogen-bond donors (Lipinski definition) is 0. The lowest BCUT2D eigenvalue weighted by Gasteiger charge is -2.14. The summed E-state index contributed by atoms with van der Waals surface area (Å²) in [5, 5.41) is 0.954. The van der Waals surface area contributed by atoms with Crippen molar-refractivity contribution < 1.29 is 9.13 Å². The Labute approximate surface area is 134 Å². The largest absolute Gasteiger partial charge is 0.494 e. The maximum atomic E-state index is 12.9. The number of benzene rings is 2. The van der Waals surface area contributed by atoms with E-state index >= 15 is 0 Å². The molecule has 0 radical (unpaired) electrons. The Morgan fingerprint density at radius 2 is 1.71 bits per heavy atom. The van der Waals surface area contributed by atoms with Gasteiger partial charge in [0.05, 0.1) is 6.61 Å². The average molecular weight is 351 g/mol. The summed E-state index contributed by atoms with van der Waals surface area (Å²) in [5.41, 5.74) is 1.19. The molecule has 112 valence electrons. The lowest BCUT2D eigenvalue weighted by Crippen LogP contribution is -2.09. The highest BCUT2D eigenvalue weighted by Gasteiger charge is 2.08. The van der Waals surface area contributed by atoms with Gasteiger partial charge in [0.2, 0.25) is 0 Å². The highest BCUT2D eigenvalue weighted by molar-refractivity contribution is 9.09. The fourth-order valence-corrected chi connectivity index (χ4v) is 2.82. The second-order valence-corrected chi connectivity index (χ2v) is 5.80. The molecule has 1 atom stereocenters. The lowest BCUT2D eigenvalue weighted by atomic mass is 9.97. The number of para-hydroxylation sites is 1. The Morgan fingerprint density at radius 1 is 1.00 bits per heavy atom. The molecule has 21 heavy (non-hydrogen) atoms. The number of hydrogen-bond acceptors (Lipinski definition) is 1. The third-order valence-electron chi connectivity index (χ3n) is 3.42. The molecule has 3 heteroatoms. The van der Waals surface area contributed by atoms with Crippen molar-refractivity contribution in [2.24, 2.45) is 5.92 Å². The second-order valence-electron chi connectivity index (χ2n) is 5.15. The Hall–Kier alpha value is -1.35. The minimum Gasteiger partial charge on any atom is -0.494 e. The summed E-state index contributed by atoms with van der Waals surface area (Å²) >= 11 is 3.57. The Kier molecular flexibility index (Phi) is 6.74. The summed E-state index contributed by atoms with van der Waals surface area (Å²) in [4.78, 5) is 0. The van der Waals surface area contributed by atoms with E-state index in [0.29, 0.717) is 5.92 Å². The minimum absolute atomic E-state index is 0.176. The summed E-state index contributed by atoms with van der Waals surface area (Å²) in [5.74, 6) is 1.30. The van der Waals surface area contributed by atoms with Gasteiger partial charge in [-0.2, -0.15) is 0 Å². The van der Waals surface area contributed by atoms with E-state index in [-0.39, 0.29) is 5.82 Å². The molecule has 2 aromatic rings. The van der Waals surface area contributed by atoms with Crippen LogP contribution in [0.4, 0.5) is 4.39 Å². The summed E-state index contributed by atoms with van der Waals surface area (Å²) in [6.07, 6.45) is 3.08. The molecule has 1 unspecified atom stereocenters. The van der Waals surface area contributed by atoms with Crippen LogP contribution in [0.3, 0.4) is 0 Å². The molecule has 0 spiro atoms. The van der Waals surface area contributed by atoms with Crippen molar-refractivity contribution in [2.45, 2.75) is 19.3 Å².